The van der Waals surface area contributed by atoms with Crippen molar-refractivity contribution in [1.29, 1.82) is 0 Å². The lowest BCUT2D eigenvalue weighted by molar-refractivity contribution is 0.222. The Labute approximate surface area is 145 Å². The highest BCUT2D eigenvalue weighted by Crippen LogP contribution is 2.34. The van der Waals surface area contributed by atoms with E-state index in [9.17, 15) is 8.42 Å². The van der Waals surface area contributed by atoms with Gasteiger partial charge in [-0.3, -0.25) is 0 Å². The van der Waals surface area contributed by atoms with E-state index in [4.69, 9.17) is 9.47 Å². The van der Waals surface area contributed by atoms with Crippen LogP contribution in [0.2, 0.25) is 0 Å². The van der Waals surface area contributed by atoms with E-state index in [1.165, 1.54) is 7.11 Å². The molecule has 7 heteroatoms. The largest absolute Gasteiger partial charge is 0.497 e. The molecule has 6 nitrogen and oxygen atoms in total. The molecule has 1 aromatic carbocycles. The summed E-state index contributed by atoms with van der Waals surface area (Å²) >= 11 is 0. The fraction of sp³-hybridized carbons (Fsp3) is 0.647. The Morgan fingerprint density at radius 2 is 1.96 bits per heavy atom. The molecule has 24 heavy (non-hydrogen) atoms. The molecule has 0 aromatic heterocycles. The average Bonchev–Trinajstić information content (AvgIpc) is 2.59. The molecule has 0 aliphatic carbocycles. The first-order valence-corrected chi connectivity index (χ1v) is 9.72. The zero-order valence-corrected chi connectivity index (χ0v) is 15.8. The molecule has 2 rings (SSSR count). The summed E-state index contributed by atoms with van der Waals surface area (Å²) < 4.78 is 38.5. The highest BCUT2D eigenvalue weighted by Gasteiger charge is 2.35. The van der Waals surface area contributed by atoms with Gasteiger partial charge in [0, 0.05) is 18.7 Å². The summed E-state index contributed by atoms with van der Waals surface area (Å²) in [5, 5.41) is 0. The number of ether oxygens (including phenoxy) is 2. The zero-order valence-electron chi connectivity index (χ0n) is 15.0. The van der Waals surface area contributed by atoms with Crippen molar-refractivity contribution in [3.8, 4) is 11.5 Å². The topological polar surface area (TPSA) is 59.1 Å². The van der Waals surface area contributed by atoms with Gasteiger partial charge in [0.05, 0.1) is 14.2 Å². The van der Waals surface area contributed by atoms with Crippen LogP contribution in [0.25, 0.3) is 0 Å². The van der Waals surface area contributed by atoms with Crippen molar-refractivity contribution in [2.24, 2.45) is 0 Å². The summed E-state index contributed by atoms with van der Waals surface area (Å²) in [5.74, 6) is 0.903. The van der Waals surface area contributed by atoms with Gasteiger partial charge in [0.15, 0.2) is 0 Å². The molecule has 1 atom stereocenters. The van der Waals surface area contributed by atoms with Gasteiger partial charge in [0.2, 0.25) is 10.0 Å². The van der Waals surface area contributed by atoms with Gasteiger partial charge >= 0.3 is 0 Å². The molecule has 1 heterocycles. The van der Waals surface area contributed by atoms with Crippen molar-refractivity contribution < 1.29 is 17.9 Å². The summed E-state index contributed by atoms with van der Waals surface area (Å²) in [6.07, 6.45) is 3.72. The maximum absolute atomic E-state index is 13.2. The number of benzene rings is 1. The minimum Gasteiger partial charge on any atom is -0.497 e. The molecule has 1 fully saturated rings. The standard InChI is InChI=1S/C17H28N2O4S/c1-18(2)12-10-14-7-5-6-11-19(14)24(20,21)17-9-8-15(22-3)13-16(17)23-4/h8-9,13-14H,5-7,10-12H2,1-4H3/t14-/m1/s1. The maximum atomic E-state index is 13.2. The fourth-order valence-electron chi connectivity index (χ4n) is 3.10. The van der Waals surface area contributed by atoms with Crippen molar-refractivity contribution in [2.45, 2.75) is 36.6 Å². The molecule has 136 valence electrons. The molecule has 0 saturated carbocycles. The summed E-state index contributed by atoms with van der Waals surface area (Å²) in [6, 6.07) is 4.89. The number of sulfonamides is 1. The first-order chi connectivity index (χ1) is 11.4. The first kappa shape index (κ1) is 19.0. The smallest absolute Gasteiger partial charge is 0.247 e. The Bertz CT molecular complexity index is 646. The van der Waals surface area contributed by atoms with E-state index in [0.717, 1.165) is 32.2 Å². The predicted octanol–water partition coefficient (Wildman–Crippen LogP) is 2.20. The van der Waals surface area contributed by atoms with Crippen LogP contribution in [0.15, 0.2) is 23.1 Å². The van der Waals surface area contributed by atoms with Gasteiger partial charge in [-0.1, -0.05) is 6.42 Å². The molecular weight excluding hydrogens is 328 g/mol. The van der Waals surface area contributed by atoms with Crippen LogP contribution in [0.1, 0.15) is 25.7 Å². The Balaban J connectivity index is 2.33. The van der Waals surface area contributed by atoms with Crippen molar-refractivity contribution >= 4 is 10.0 Å². The monoisotopic (exact) mass is 356 g/mol. The predicted molar refractivity (Wildman–Crippen MR) is 94.2 cm³/mol. The van der Waals surface area contributed by atoms with Crippen molar-refractivity contribution in [1.82, 2.24) is 9.21 Å². The second-order valence-corrected chi connectivity index (χ2v) is 8.23. The van der Waals surface area contributed by atoms with E-state index < -0.39 is 10.0 Å². The Morgan fingerprint density at radius 3 is 2.58 bits per heavy atom. The highest BCUT2D eigenvalue weighted by atomic mass is 32.2. The molecule has 1 saturated heterocycles. The average molecular weight is 356 g/mol. The molecule has 0 radical (unpaired) electrons. The van der Waals surface area contributed by atoms with Crippen LogP contribution >= 0.6 is 0 Å². The molecule has 1 aliphatic heterocycles. The van der Waals surface area contributed by atoms with E-state index >= 15 is 0 Å². The van der Waals surface area contributed by atoms with Gasteiger partial charge < -0.3 is 14.4 Å². The Kier molecular flexibility index (Phi) is 6.48. The molecule has 0 amide bonds. The number of nitrogens with zero attached hydrogens (tertiary/aromatic N) is 2. The normalized spacial score (nSPS) is 19.5. The summed E-state index contributed by atoms with van der Waals surface area (Å²) in [6.45, 7) is 1.44. The quantitative estimate of drug-likeness (QED) is 0.750. The minimum absolute atomic E-state index is 0.0398. The van der Waals surface area contributed by atoms with Crippen LogP contribution in [0, 0.1) is 0 Å². The molecular formula is C17H28N2O4S. The maximum Gasteiger partial charge on any atom is 0.247 e. The SMILES string of the molecule is COc1ccc(S(=O)(=O)N2CCCC[C@@H]2CCN(C)C)c(OC)c1. The van der Waals surface area contributed by atoms with Gasteiger partial charge in [-0.15, -0.1) is 0 Å². The third kappa shape index (κ3) is 4.20. The summed E-state index contributed by atoms with van der Waals surface area (Å²) in [4.78, 5) is 2.30. The summed E-state index contributed by atoms with van der Waals surface area (Å²) in [7, 11) is 3.45. The molecule has 1 aliphatic rings. The van der Waals surface area contributed by atoms with E-state index in [0.29, 0.717) is 18.0 Å². The van der Waals surface area contributed by atoms with Crippen molar-refractivity contribution in [3.05, 3.63) is 18.2 Å². The van der Waals surface area contributed by atoms with E-state index in [1.54, 1.807) is 29.6 Å². The van der Waals surface area contributed by atoms with Crippen LogP contribution in [0.3, 0.4) is 0 Å². The van der Waals surface area contributed by atoms with Crippen molar-refractivity contribution in [3.63, 3.8) is 0 Å². The van der Waals surface area contributed by atoms with E-state index in [2.05, 4.69) is 4.90 Å². The van der Waals surface area contributed by atoms with Crippen LogP contribution < -0.4 is 9.47 Å². The first-order valence-electron chi connectivity index (χ1n) is 8.28. The number of hydrogen-bond acceptors (Lipinski definition) is 5. The fourth-order valence-corrected chi connectivity index (χ4v) is 4.96. The number of methoxy groups -OCH3 is 2. The minimum atomic E-state index is -3.59. The van der Waals surface area contributed by atoms with E-state index in [-0.39, 0.29) is 10.9 Å². The lowest BCUT2D eigenvalue weighted by Gasteiger charge is -2.35. The lowest BCUT2D eigenvalue weighted by atomic mass is 10.0. The van der Waals surface area contributed by atoms with Gasteiger partial charge in [0.25, 0.3) is 0 Å². The van der Waals surface area contributed by atoms with Gasteiger partial charge in [-0.25, -0.2) is 8.42 Å². The number of hydrogen-bond donors (Lipinski definition) is 0. The molecule has 0 bridgehead atoms. The number of rotatable bonds is 7. The van der Waals surface area contributed by atoms with Gasteiger partial charge in [-0.05, 0) is 52.0 Å². The van der Waals surface area contributed by atoms with Crippen LogP contribution in [0.5, 0.6) is 11.5 Å². The third-order valence-corrected chi connectivity index (χ3v) is 6.43. The van der Waals surface area contributed by atoms with Crippen molar-refractivity contribution in [2.75, 3.05) is 41.4 Å². The van der Waals surface area contributed by atoms with Gasteiger partial charge in [-0.2, -0.15) is 4.31 Å². The zero-order chi connectivity index (χ0) is 17.7. The van der Waals surface area contributed by atoms with Crippen LogP contribution in [0.4, 0.5) is 0 Å². The number of piperidine rings is 1. The second kappa shape index (κ2) is 8.18. The second-order valence-electron chi connectivity index (χ2n) is 6.37. The third-order valence-electron chi connectivity index (χ3n) is 4.44. The van der Waals surface area contributed by atoms with Crippen LogP contribution in [-0.2, 0) is 10.0 Å². The van der Waals surface area contributed by atoms with E-state index in [1.807, 2.05) is 14.1 Å². The van der Waals surface area contributed by atoms with Gasteiger partial charge in [0.1, 0.15) is 16.4 Å². The molecule has 1 aromatic rings. The summed E-state index contributed by atoms with van der Waals surface area (Å²) in [5.41, 5.74) is 0. The molecule has 0 spiro atoms. The Morgan fingerprint density at radius 1 is 1.21 bits per heavy atom. The Hall–Kier alpha value is -1.31. The highest BCUT2D eigenvalue weighted by molar-refractivity contribution is 7.89. The lowest BCUT2D eigenvalue weighted by Crippen LogP contribution is -2.44. The van der Waals surface area contributed by atoms with Crippen LogP contribution in [-0.4, -0.2) is 65.1 Å². The molecule has 0 N–H and O–H groups in total. The molecule has 0 unspecified atom stereocenters.